The van der Waals surface area contributed by atoms with Gasteiger partial charge in [-0.15, -0.1) is 0 Å². The Morgan fingerprint density at radius 1 is 0.886 bits per heavy atom. The van der Waals surface area contributed by atoms with E-state index in [0.29, 0.717) is 22.9 Å². The summed E-state index contributed by atoms with van der Waals surface area (Å²) in [7, 11) is 0. The molecule has 1 amide bonds. The maximum absolute atomic E-state index is 13.3. The third-order valence-corrected chi connectivity index (χ3v) is 9.75. The van der Waals surface area contributed by atoms with Crippen molar-refractivity contribution in [2.24, 2.45) is 17.8 Å². The summed E-state index contributed by atoms with van der Waals surface area (Å²) in [6.45, 7) is 10.6. The third-order valence-electron chi connectivity index (χ3n) is 9.75. The molecule has 2 aromatic rings. The highest BCUT2D eigenvalue weighted by Gasteiger charge is 2.50. The highest BCUT2D eigenvalue weighted by Crippen LogP contribution is 2.55. The van der Waals surface area contributed by atoms with Gasteiger partial charge in [0.25, 0.3) is 0 Å². The summed E-state index contributed by atoms with van der Waals surface area (Å²) in [4.78, 5) is 21.2. The number of fused-ring (bicyclic) bond motifs is 1. The number of benzene rings is 2. The molecule has 2 saturated heterocycles. The standard InChI is InChI=1S/C31H37N3O/c1-32-27-12-14-28(15-13-27)34-21-24(22-34)30(35)33-19-16-26(17-20-33)31(25-9-3-4-10-25)18-6-8-23-7-2-5-11-29(23)31/h2,5,7,11-15,24-26H,3-4,6,8-10,16-22H2. The first-order valence-electron chi connectivity index (χ1n) is 13.8. The molecule has 0 aromatic heterocycles. The molecular weight excluding hydrogens is 430 g/mol. The van der Waals surface area contributed by atoms with Crippen LogP contribution in [0.5, 0.6) is 0 Å². The van der Waals surface area contributed by atoms with Gasteiger partial charge in [0.1, 0.15) is 0 Å². The monoisotopic (exact) mass is 467 g/mol. The molecular formula is C31H37N3O. The van der Waals surface area contributed by atoms with E-state index in [2.05, 4.69) is 38.9 Å². The number of amides is 1. The molecule has 2 heterocycles. The van der Waals surface area contributed by atoms with E-state index in [4.69, 9.17) is 6.57 Å². The number of hydrogen-bond donors (Lipinski definition) is 0. The second-order valence-corrected chi connectivity index (χ2v) is 11.4. The number of hydrogen-bond acceptors (Lipinski definition) is 2. The fourth-order valence-corrected chi connectivity index (χ4v) is 7.98. The van der Waals surface area contributed by atoms with Crippen molar-refractivity contribution in [1.82, 2.24) is 4.90 Å². The highest BCUT2D eigenvalue weighted by atomic mass is 16.2. The third kappa shape index (κ3) is 3.94. The predicted octanol–water partition coefficient (Wildman–Crippen LogP) is 6.38. The Kier molecular flexibility index (Phi) is 6.04. The van der Waals surface area contributed by atoms with Gasteiger partial charge in [0.15, 0.2) is 5.69 Å². The molecule has 4 nitrogen and oxygen atoms in total. The van der Waals surface area contributed by atoms with Crippen molar-refractivity contribution >= 4 is 17.3 Å². The average Bonchev–Trinajstić information content (AvgIpc) is 3.43. The topological polar surface area (TPSA) is 27.9 Å². The van der Waals surface area contributed by atoms with Crippen molar-refractivity contribution in [3.8, 4) is 0 Å². The lowest BCUT2D eigenvalue weighted by Gasteiger charge is -2.52. The molecule has 0 spiro atoms. The molecule has 2 aromatic carbocycles. The van der Waals surface area contributed by atoms with E-state index >= 15 is 0 Å². The summed E-state index contributed by atoms with van der Waals surface area (Å²) in [6.07, 6.45) is 11.8. The molecule has 182 valence electrons. The van der Waals surface area contributed by atoms with E-state index in [0.717, 1.165) is 50.6 Å². The van der Waals surface area contributed by atoms with E-state index < -0.39 is 0 Å². The van der Waals surface area contributed by atoms with Gasteiger partial charge >= 0.3 is 0 Å². The van der Waals surface area contributed by atoms with Gasteiger partial charge in [-0.25, -0.2) is 4.85 Å². The molecule has 3 fully saturated rings. The van der Waals surface area contributed by atoms with Crippen molar-refractivity contribution in [1.29, 1.82) is 0 Å². The zero-order valence-electron chi connectivity index (χ0n) is 20.8. The number of aryl methyl sites for hydroxylation is 1. The number of anilines is 1. The van der Waals surface area contributed by atoms with Crippen LogP contribution in [-0.2, 0) is 16.6 Å². The van der Waals surface area contributed by atoms with E-state index in [1.165, 1.54) is 44.9 Å². The number of rotatable bonds is 4. The van der Waals surface area contributed by atoms with Crippen molar-refractivity contribution in [2.45, 2.75) is 63.2 Å². The second-order valence-electron chi connectivity index (χ2n) is 11.4. The van der Waals surface area contributed by atoms with Crippen molar-refractivity contribution in [3.63, 3.8) is 0 Å². The summed E-state index contributed by atoms with van der Waals surface area (Å²) in [5, 5.41) is 0. The van der Waals surface area contributed by atoms with Gasteiger partial charge in [0.2, 0.25) is 5.91 Å². The summed E-state index contributed by atoms with van der Waals surface area (Å²) in [6, 6.07) is 17.1. The number of carbonyl (C=O) groups is 1. The summed E-state index contributed by atoms with van der Waals surface area (Å²) in [5.41, 5.74) is 5.39. The predicted molar refractivity (Wildman–Crippen MR) is 141 cm³/mol. The first-order chi connectivity index (χ1) is 17.2. The SMILES string of the molecule is [C-]#[N+]c1ccc(N2CC(C(=O)N3CCC(C4(C5CCCC5)CCCc5ccccc54)CC3)C2)cc1. The highest BCUT2D eigenvalue weighted by molar-refractivity contribution is 5.82. The van der Waals surface area contributed by atoms with E-state index in [-0.39, 0.29) is 5.92 Å². The molecule has 0 bridgehead atoms. The van der Waals surface area contributed by atoms with Crippen LogP contribution in [0.2, 0.25) is 0 Å². The molecule has 0 N–H and O–H groups in total. The van der Waals surface area contributed by atoms with Gasteiger partial charge in [-0.1, -0.05) is 49.2 Å². The Bertz CT molecular complexity index is 1100. The largest absolute Gasteiger partial charge is 0.370 e. The van der Waals surface area contributed by atoms with Crippen LogP contribution in [-0.4, -0.2) is 37.0 Å². The quantitative estimate of drug-likeness (QED) is 0.488. The minimum Gasteiger partial charge on any atom is -0.370 e. The first kappa shape index (κ1) is 22.7. The molecule has 0 radical (unpaired) electrons. The smallest absolute Gasteiger partial charge is 0.229 e. The van der Waals surface area contributed by atoms with Crippen LogP contribution in [0, 0.1) is 24.3 Å². The van der Waals surface area contributed by atoms with Gasteiger partial charge in [0, 0.05) is 37.3 Å². The van der Waals surface area contributed by atoms with E-state index in [1.54, 1.807) is 11.1 Å². The zero-order valence-corrected chi connectivity index (χ0v) is 20.8. The summed E-state index contributed by atoms with van der Waals surface area (Å²) in [5.74, 6) is 2.00. The maximum Gasteiger partial charge on any atom is 0.229 e. The van der Waals surface area contributed by atoms with Gasteiger partial charge in [-0.3, -0.25) is 4.79 Å². The minimum absolute atomic E-state index is 0.117. The van der Waals surface area contributed by atoms with Gasteiger partial charge < -0.3 is 9.80 Å². The van der Waals surface area contributed by atoms with Crippen LogP contribution < -0.4 is 4.90 Å². The molecule has 1 saturated carbocycles. The number of likely N-dealkylation sites (tertiary alicyclic amines) is 1. The second kappa shape index (κ2) is 9.34. The number of nitrogens with zero attached hydrogens (tertiary/aromatic N) is 3. The summed E-state index contributed by atoms with van der Waals surface area (Å²) < 4.78 is 0. The molecule has 6 rings (SSSR count). The molecule has 35 heavy (non-hydrogen) atoms. The van der Waals surface area contributed by atoms with Crippen LogP contribution in [0.4, 0.5) is 11.4 Å². The normalized spacial score (nSPS) is 25.7. The fraction of sp³-hybridized carbons (Fsp3) is 0.548. The molecule has 4 heteroatoms. The lowest BCUT2D eigenvalue weighted by atomic mass is 9.54. The van der Waals surface area contributed by atoms with Crippen LogP contribution >= 0.6 is 0 Å². The lowest BCUT2D eigenvalue weighted by Crippen LogP contribution is -2.57. The Labute approximate surface area is 210 Å². The number of piperidine rings is 1. The minimum atomic E-state index is 0.117. The lowest BCUT2D eigenvalue weighted by molar-refractivity contribution is -0.138. The molecule has 1 atom stereocenters. The molecule has 2 aliphatic heterocycles. The van der Waals surface area contributed by atoms with E-state index in [1.807, 2.05) is 24.3 Å². The molecule has 4 aliphatic rings. The van der Waals surface area contributed by atoms with Crippen molar-refractivity contribution in [2.75, 3.05) is 31.1 Å². The van der Waals surface area contributed by atoms with Crippen LogP contribution in [0.1, 0.15) is 62.5 Å². The fourth-order valence-electron chi connectivity index (χ4n) is 7.98. The Morgan fingerprint density at radius 3 is 2.29 bits per heavy atom. The van der Waals surface area contributed by atoms with Crippen LogP contribution in [0.25, 0.3) is 4.85 Å². The Morgan fingerprint density at radius 2 is 1.57 bits per heavy atom. The maximum atomic E-state index is 13.3. The summed E-state index contributed by atoms with van der Waals surface area (Å²) >= 11 is 0. The van der Waals surface area contributed by atoms with Crippen LogP contribution in [0.15, 0.2) is 48.5 Å². The van der Waals surface area contributed by atoms with Crippen LogP contribution in [0.3, 0.4) is 0 Å². The zero-order chi connectivity index (χ0) is 23.8. The van der Waals surface area contributed by atoms with Gasteiger partial charge in [-0.2, -0.15) is 0 Å². The van der Waals surface area contributed by atoms with Gasteiger partial charge in [0.05, 0.1) is 12.5 Å². The van der Waals surface area contributed by atoms with Crippen molar-refractivity contribution < 1.29 is 4.79 Å². The first-order valence-corrected chi connectivity index (χ1v) is 13.8. The molecule has 1 unspecified atom stereocenters. The number of carbonyl (C=O) groups excluding carboxylic acids is 1. The Hall–Kier alpha value is -2.80. The van der Waals surface area contributed by atoms with Gasteiger partial charge in [-0.05, 0) is 80.0 Å². The van der Waals surface area contributed by atoms with Crippen molar-refractivity contribution in [3.05, 3.63) is 71.1 Å². The van der Waals surface area contributed by atoms with E-state index in [9.17, 15) is 4.79 Å². The Balaban J connectivity index is 1.12. The molecule has 2 aliphatic carbocycles. The average molecular weight is 468 g/mol.